The Morgan fingerprint density at radius 3 is 2.63 bits per heavy atom. The van der Waals surface area contributed by atoms with Crippen LogP contribution >= 0.6 is 0 Å². The van der Waals surface area contributed by atoms with Gasteiger partial charge in [-0.1, -0.05) is 47.5 Å². The van der Waals surface area contributed by atoms with Crippen LogP contribution in [0, 0.1) is 12.8 Å². The number of phenols is 1. The first-order chi connectivity index (χ1) is 13.0. The summed E-state index contributed by atoms with van der Waals surface area (Å²) in [6.45, 7) is 2.88. The summed E-state index contributed by atoms with van der Waals surface area (Å²) in [6.07, 6.45) is 3.55. The quantitative estimate of drug-likeness (QED) is 0.752. The van der Waals surface area contributed by atoms with Gasteiger partial charge in [-0.05, 0) is 64.4 Å². The molecule has 1 aliphatic rings. The van der Waals surface area contributed by atoms with Crippen molar-refractivity contribution in [1.82, 2.24) is 4.90 Å². The fourth-order valence-electron chi connectivity index (χ4n) is 4.05. The van der Waals surface area contributed by atoms with Gasteiger partial charge in [0.1, 0.15) is 5.75 Å². The van der Waals surface area contributed by atoms with Crippen molar-refractivity contribution >= 4 is 11.4 Å². The highest BCUT2D eigenvalue weighted by Gasteiger charge is 2.27. The zero-order chi connectivity index (χ0) is 19.4. The summed E-state index contributed by atoms with van der Waals surface area (Å²) in [5.41, 5.74) is 5.26. The molecule has 2 aromatic carbocycles. The van der Waals surface area contributed by atoms with Crippen LogP contribution in [-0.4, -0.2) is 36.4 Å². The van der Waals surface area contributed by atoms with Crippen molar-refractivity contribution in [3.05, 3.63) is 70.8 Å². The van der Waals surface area contributed by atoms with Crippen molar-refractivity contribution in [2.45, 2.75) is 32.6 Å². The SMILES string of the molecule is Cc1cccc(C(=O)C2CCCC(CN(C)C)=C(c3ccccc3O)C2)c1. The number of aryl methyl sites for hydroxylation is 1. The average molecular weight is 364 g/mol. The lowest BCUT2D eigenvalue weighted by Crippen LogP contribution is -2.17. The summed E-state index contributed by atoms with van der Waals surface area (Å²) in [4.78, 5) is 15.4. The van der Waals surface area contributed by atoms with Gasteiger partial charge in [0.15, 0.2) is 5.78 Å². The molecule has 0 saturated carbocycles. The maximum atomic E-state index is 13.2. The van der Waals surface area contributed by atoms with Gasteiger partial charge in [-0.25, -0.2) is 0 Å². The molecule has 3 heteroatoms. The minimum absolute atomic E-state index is 0.0407. The highest BCUT2D eigenvalue weighted by atomic mass is 16.3. The second-order valence-electron chi connectivity index (χ2n) is 7.86. The van der Waals surface area contributed by atoms with Gasteiger partial charge in [-0.15, -0.1) is 0 Å². The molecule has 0 radical (unpaired) electrons. The van der Waals surface area contributed by atoms with Crippen molar-refractivity contribution < 1.29 is 9.90 Å². The van der Waals surface area contributed by atoms with E-state index in [9.17, 15) is 9.90 Å². The molecule has 1 aliphatic carbocycles. The Bertz CT molecular complexity index is 851. The fraction of sp³-hybridized carbons (Fsp3) is 0.375. The molecule has 0 heterocycles. The molecule has 3 rings (SSSR count). The van der Waals surface area contributed by atoms with Crippen LogP contribution in [0.5, 0.6) is 5.75 Å². The number of benzene rings is 2. The number of hydrogen-bond donors (Lipinski definition) is 1. The van der Waals surface area contributed by atoms with Gasteiger partial charge in [0.2, 0.25) is 0 Å². The minimum atomic E-state index is -0.0407. The monoisotopic (exact) mass is 363 g/mol. The summed E-state index contributed by atoms with van der Waals surface area (Å²) in [5, 5.41) is 10.5. The van der Waals surface area contributed by atoms with Crippen LogP contribution in [0.15, 0.2) is 54.1 Å². The van der Waals surface area contributed by atoms with Gasteiger partial charge in [0, 0.05) is 23.6 Å². The summed E-state index contributed by atoms with van der Waals surface area (Å²) < 4.78 is 0. The Kier molecular flexibility index (Phi) is 6.12. The number of allylic oxidation sites excluding steroid dienone is 1. The molecular formula is C24H29NO2. The average Bonchev–Trinajstić information content (AvgIpc) is 2.84. The highest BCUT2D eigenvalue weighted by Crippen LogP contribution is 2.39. The van der Waals surface area contributed by atoms with E-state index in [0.29, 0.717) is 12.2 Å². The van der Waals surface area contributed by atoms with Crippen LogP contribution in [-0.2, 0) is 0 Å². The number of Topliss-reactive ketones (excluding diaryl/α,β-unsaturated/α-hetero) is 1. The number of rotatable bonds is 5. The first kappa shape index (κ1) is 19.4. The Labute approximate surface area is 162 Å². The molecule has 0 saturated heterocycles. The third-order valence-corrected chi connectivity index (χ3v) is 5.32. The molecule has 2 aromatic rings. The highest BCUT2D eigenvalue weighted by molar-refractivity contribution is 5.99. The zero-order valence-electron chi connectivity index (χ0n) is 16.5. The maximum absolute atomic E-state index is 13.2. The second-order valence-corrected chi connectivity index (χ2v) is 7.86. The molecule has 1 atom stereocenters. The Morgan fingerprint density at radius 2 is 1.93 bits per heavy atom. The normalized spacial score (nSPS) is 17.9. The fourth-order valence-corrected chi connectivity index (χ4v) is 4.05. The van der Waals surface area contributed by atoms with E-state index in [1.54, 1.807) is 6.07 Å². The van der Waals surface area contributed by atoms with E-state index in [-0.39, 0.29) is 11.7 Å². The smallest absolute Gasteiger partial charge is 0.166 e. The number of hydrogen-bond acceptors (Lipinski definition) is 3. The molecular weight excluding hydrogens is 334 g/mol. The van der Waals surface area contributed by atoms with Crippen molar-refractivity contribution in [1.29, 1.82) is 0 Å². The first-order valence-corrected chi connectivity index (χ1v) is 9.70. The second kappa shape index (κ2) is 8.53. The number of aromatic hydroxyl groups is 1. The largest absolute Gasteiger partial charge is 0.507 e. The molecule has 0 spiro atoms. The van der Waals surface area contributed by atoms with Gasteiger partial charge < -0.3 is 10.0 Å². The maximum Gasteiger partial charge on any atom is 0.166 e. The number of carbonyl (C=O) groups excluding carboxylic acids is 1. The van der Waals surface area contributed by atoms with Gasteiger partial charge in [0.05, 0.1) is 0 Å². The topological polar surface area (TPSA) is 40.5 Å². The molecule has 0 fully saturated rings. The summed E-state index contributed by atoms with van der Waals surface area (Å²) >= 11 is 0. The van der Waals surface area contributed by atoms with Crippen LogP contribution in [0.4, 0.5) is 0 Å². The van der Waals surface area contributed by atoms with E-state index in [4.69, 9.17) is 0 Å². The van der Waals surface area contributed by atoms with E-state index in [1.807, 2.05) is 49.4 Å². The van der Waals surface area contributed by atoms with Gasteiger partial charge in [0.25, 0.3) is 0 Å². The molecule has 27 heavy (non-hydrogen) atoms. The zero-order valence-corrected chi connectivity index (χ0v) is 16.5. The van der Waals surface area contributed by atoms with Gasteiger partial charge in [-0.2, -0.15) is 0 Å². The molecule has 0 aliphatic heterocycles. The lowest BCUT2D eigenvalue weighted by Gasteiger charge is -2.20. The molecule has 0 aromatic heterocycles. The van der Waals surface area contributed by atoms with Crippen molar-refractivity contribution in [3.63, 3.8) is 0 Å². The molecule has 1 unspecified atom stereocenters. The van der Waals surface area contributed by atoms with E-state index in [0.717, 1.165) is 48.1 Å². The molecule has 3 nitrogen and oxygen atoms in total. The lowest BCUT2D eigenvalue weighted by molar-refractivity contribution is 0.0915. The van der Waals surface area contributed by atoms with Gasteiger partial charge >= 0.3 is 0 Å². The Hall–Kier alpha value is -2.39. The number of likely N-dealkylation sites (N-methyl/N-ethyl adjacent to an activating group) is 1. The van der Waals surface area contributed by atoms with Gasteiger partial charge in [-0.3, -0.25) is 4.79 Å². The number of nitrogens with zero attached hydrogens (tertiary/aromatic N) is 1. The third-order valence-electron chi connectivity index (χ3n) is 5.32. The standard InChI is InChI=1S/C24H29NO2/c1-17-8-6-9-18(14-17)24(27)19-10-7-11-20(16-25(2)3)22(15-19)21-12-4-5-13-23(21)26/h4-6,8-9,12-14,19,26H,7,10-11,15-16H2,1-3H3. The predicted molar refractivity (Wildman–Crippen MR) is 111 cm³/mol. The summed E-state index contributed by atoms with van der Waals surface area (Å²) in [6, 6.07) is 15.4. The van der Waals surface area contributed by atoms with E-state index >= 15 is 0 Å². The minimum Gasteiger partial charge on any atom is -0.507 e. The number of para-hydroxylation sites is 1. The van der Waals surface area contributed by atoms with Crippen molar-refractivity contribution in [2.24, 2.45) is 5.92 Å². The van der Waals surface area contributed by atoms with E-state index in [2.05, 4.69) is 19.0 Å². The Balaban J connectivity index is 1.98. The van der Waals surface area contributed by atoms with Crippen LogP contribution in [0.3, 0.4) is 0 Å². The van der Waals surface area contributed by atoms with Crippen molar-refractivity contribution in [3.8, 4) is 5.75 Å². The third kappa shape index (κ3) is 4.67. The molecule has 0 bridgehead atoms. The number of phenolic OH excluding ortho intramolecular Hbond substituents is 1. The molecule has 0 amide bonds. The van der Waals surface area contributed by atoms with Crippen LogP contribution in [0.1, 0.15) is 47.2 Å². The predicted octanol–water partition coefficient (Wildman–Crippen LogP) is 5.09. The lowest BCUT2D eigenvalue weighted by atomic mass is 9.86. The molecule has 142 valence electrons. The first-order valence-electron chi connectivity index (χ1n) is 9.70. The molecule has 1 N–H and O–H groups in total. The summed E-state index contributed by atoms with van der Waals surface area (Å²) in [7, 11) is 4.13. The van der Waals surface area contributed by atoms with Crippen LogP contribution in [0.25, 0.3) is 5.57 Å². The van der Waals surface area contributed by atoms with E-state index < -0.39 is 0 Å². The number of carbonyl (C=O) groups is 1. The summed E-state index contributed by atoms with van der Waals surface area (Å²) in [5.74, 6) is 0.478. The van der Waals surface area contributed by atoms with Crippen molar-refractivity contribution in [2.75, 3.05) is 20.6 Å². The van der Waals surface area contributed by atoms with Crippen LogP contribution in [0.2, 0.25) is 0 Å². The number of ketones is 1. The Morgan fingerprint density at radius 1 is 1.15 bits per heavy atom. The van der Waals surface area contributed by atoms with Crippen LogP contribution < -0.4 is 0 Å². The van der Waals surface area contributed by atoms with E-state index in [1.165, 1.54) is 5.57 Å².